The van der Waals surface area contributed by atoms with Crippen molar-refractivity contribution < 1.29 is 4.74 Å². The Labute approximate surface area is 112 Å². The molecule has 1 aliphatic rings. The third-order valence-electron chi connectivity index (χ3n) is 3.88. The number of benzene rings is 1. The molecule has 3 heteroatoms. The second-order valence-corrected chi connectivity index (χ2v) is 6.00. The molecule has 0 aromatic heterocycles. The quantitative estimate of drug-likeness (QED) is 0.923. The molecule has 1 saturated carbocycles. The molecule has 17 heavy (non-hydrogen) atoms. The van der Waals surface area contributed by atoms with Crippen molar-refractivity contribution in [1.82, 2.24) is 0 Å². The van der Waals surface area contributed by atoms with E-state index in [-0.39, 0.29) is 6.04 Å². The first-order valence-electron chi connectivity index (χ1n) is 6.06. The molecule has 1 aliphatic carbocycles. The van der Waals surface area contributed by atoms with E-state index in [1.807, 2.05) is 0 Å². The van der Waals surface area contributed by atoms with Gasteiger partial charge in [0.05, 0.1) is 7.11 Å². The van der Waals surface area contributed by atoms with E-state index in [9.17, 15) is 0 Å². The summed E-state index contributed by atoms with van der Waals surface area (Å²) in [4.78, 5) is 0. The Kier molecular flexibility index (Phi) is 3.50. The van der Waals surface area contributed by atoms with Crippen molar-refractivity contribution >= 4 is 15.9 Å². The third-order valence-corrected chi connectivity index (χ3v) is 4.70. The highest BCUT2D eigenvalue weighted by molar-refractivity contribution is 9.10. The summed E-state index contributed by atoms with van der Waals surface area (Å²) in [6, 6.07) is 2.19. The largest absolute Gasteiger partial charge is 0.496 e. The van der Waals surface area contributed by atoms with Crippen LogP contribution in [-0.2, 0) is 0 Å². The smallest absolute Gasteiger partial charge is 0.126 e. The van der Waals surface area contributed by atoms with E-state index in [0.29, 0.717) is 5.92 Å². The summed E-state index contributed by atoms with van der Waals surface area (Å²) in [5.74, 6) is 2.31. The molecule has 2 N–H and O–H groups in total. The Morgan fingerprint density at radius 3 is 2.53 bits per heavy atom. The van der Waals surface area contributed by atoms with Crippen LogP contribution in [0.1, 0.15) is 36.1 Å². The number of hydrogen-bond donors (Lipinski definition) is 1. The molecule has 0 heterocycles. The van der Waals surface area contributed by atoms with Gasteiger partial charge in [-0.2, -0.15) is 0 Å². The lowest BCUT2D eigenvalue weighted by molar-refractivity contribution is 0.398. The van der Waals surface area contributed by atoms with Crippen molar-refractivity contribution in [1.29, 1.82) is 0 Å². The molecule has 0 amide bonds. The average molecular weight is 298 g/mol. The van der Waals surface area contributed by atoms with E-state index in [4.69, 9.17) is 10.5 Å². The van der Waals surface area contributed by atoms with Crippen LogP contribution in [0.5, 0.6) is 5.75 Å². The fourth-order valence-electron chi connectivity index (χ4n) is 2.61. The predicted molar refractivity (Wildman–Crippen MR) is 74.4 cm³/mol. The van der Waals surface area contributed by atoms with Crippen LogP contribution >= 0.6 is 15.9 Å². The van der Waals surface area contributed by atoms with Gasteiger partial charge >= 0.3 is 0 Å². The number of hydrogen-bond acceptors (Lipinski definition) is 2. The van der Waals surface area contributed by atoms with Gasteiger partial charge in [0.15, 0.2) is 0 Å². The second kappa shape index (κ2) is 4.62. The molecule has 1 aromatic carbocycles. The number of rotatable bonds is 3. The first-order valence-corrected chi connectivity index (χ1v) is 6.85. The molecular formula is C14H20BrNO. The number of nitrogens with two attached hydrogens (primary N) is 1. The molecule has 0 spiro atoms. The summed E-state index contributed by atoms with van der Waals surface area (Å²) in [5.41, 5.74) is 9.93. The minimum atomic E-state index is 0.0937. The highest BCUT2D eigenvalue weighted by Gasteiger charge is 2.40. The Hall–Kier alpha value is -0.540. The zero-order valence-corrected chi connectivity index (χ0v) is 12.5. The summed E-state index contributed by atoms with van der Waals surface area (Å²) in [6.07, 6.45) is 1.23. The Morgan fingerprint density at radius 2 is 2.06 bits per heavy atom. The minimum Gasteiger partial charge on any atom is -0.496 e. The fourth-order valence-corrected chi connectivity index (χ4v) is 3.17. The number of aryl methyl sites for hydroxylation is 1. The van der Waals surface area contributed by atoms with Crippen molar-refractivity contribution in [3.8, 4) is 5.75 Å². The van der Waals surface area contributed by atoms with E-state index >= 15 is 0 Å². The molecule has 3 unspecified atom stereocenters. The van der Waals surface area contributed by atoms with Gasteiger partial charge in [-0.25, -0.2) is 0 Å². The van der Waals surface area contributed by atoms with Crippen molar-refractivity contribution in [3.63, 3.8) is 0 Å². The van der Waals surface area contributed by atoms with Crippen LogP contribution < -0.4 is 10.5 Å². The zero-order valence-electron chi connectivity index (χ0n) is 10.9. The summed E-state index contributed by atoms with van der Waals surface area (Å²) >= 11 is 3.60. The molecule has 3 atom stereocenters. The summed E-state index contributed by atoms with van der Waals surface area (Å²) in [7, 11) is 1.72. The van der Waals surface area contributed by atoms with Crippen LogP contribution in [0.3, 0.4) is 0 Å². The van der Waals surface area contributed by atoms with E-state index in [2.05, 4.69) is 42.8 Å². The van der Waals surface area contributed by atoms with Crippen LogP contribution in [0.4, 0.5) is 0 Å². The average Bonchev–Trinajstić information content (AvgIpc) is 2.99. The highest BCUT2D eigenvalue weighted by Crippen LogP contribution is 2.49. The standard InChI is InChI=1S/C14H20BrNO/c1-7-5-10(7)13(16)12-9(3)11(15)6-8(2)14(12)17-4/h6-7,10,13H,5,16H2,1-4H3. The van der Waals surface area contributed by atoms with Crippen LogP contribution in [0.15, 0.2) is 10.5 Å². The van der Waals surface area contributed by atoms with Crippen LogP contribution in [0, 0.1) is 25.7 Å². The lowest BCUT2D eigenvalue weighted by Crippen LogP contribution is -2.17. The van der Waals surface area contributed by atoms with Gasteiger partial charge < -0.3 is 10.5 Å². The van der Waals surface area contributed by atoms with Gasteiger partial charge in [-0.1, -0.05) is 22.9 Å². The van der Waals surface area contributed by atoms with Crippen molar-refractivity contribution in [2.75, 3.05) is 7.11 Å². The van der Waals surface area contributed by atoms with E-state index in [1.54, 1.807) is 7.11 Å². The molecule has 0 aliphatic heterocycles. The zero-order chi connectivity index (χ0) is 12.7. The molecule has 2 nitrogen and oxygen atoms in total. The predicted octanol–water partition coefficient (Wildman–Crippen LogP) is 3.73. The Morgan fingerprint density at radius 1 is 1.47 bits per heavy atom. The van der Waals surface area contributed by atoms with Crippen LogP contribution in [0.2, 0.25) is 0 Å². The van der Waals surface area contributed by atoms with Crippen molar-refractivity contribution in [2.24, 2.45) is 17.6 Å². The Bertz CT molecular complexity index is 444. The summed E-state index contributed by atoms with van der Waals surface area (Å²) in [5, 5.41) is 0. The molecule has 94 valence electrons. The van der Waals surface area contributed by atoms with Gasteiger partial charge in [0.25, 0.3) is 0 Å². The van der Waals surface area contributed by atoms with Crippen LogP contribution in [0.25, 0.3) is 0 Å². The van der Waals surface area contributed by atoms with Gasteiger partial charge in [0.1, 0.15) is 5.75 Å². The van der Waals surface area contributed by atoms with Gasteiger partial charge in [-0.3, -0.25) is 0 Å². The van der Waals surface area contributed by atoms with Crippen molar-refractivity contribution in [2.45, 2.75) is 33.2 Å². The number of methoxy groups -OCH3 is 1. The maximum Gasteiger partial charge on any atom is 0.126 e. The summed E-state index contributed by atoms with van der Waals surface area (Å²) in [6.45, 7) is 6.43. The lowest BCUT2D eigenvalue weighted by atomic mass is 9.94. The summed E-state index contributed by atoms with van der Waals surface area (Å²) < 4.78 is 6.67. The number of ether oxygens (including phenoxy) is 1. The molecule has 1 fully saturated rings. The second-order valence-electron chi connectivity index (χ2n) is 5.15. The molecule has 1 aromatic rings. The molecule has 2 rings (SSSR count). The van der Waals surface area contributed by atoms with Crippen molar-refractivity contribution in [3.05, 3.63) is 27.2 Å². The van der Waals surface area contributed by atoms with Gasteiger partial charge in [-0.05, 0) is 49.3 Å². The minimum absolute atomic E-state index is 0.0937. The maximum absolute atomic E-state index is 6.40. The van der Waals surface area contributed by atoms with Crippen LogP contribution in [-0.4, -0.2) is 7.11 Å². The van der Waals surface area contributed by atoms with E-state index < -0.39 is 0 Å². The lowest BCUT2D eigenvalue weighted by Gasteiger charge is -2.21. The maximum atomic E-state index is 6.40. The van der Waals surface area contributed by atoms with E-state index in [1.165, 1.54) is 17.5 Å². The topological polar surface area (TPSA) is 35.2 Å². The first-order chi connectivity index (χ1) is 7.97. The molecule has 0 saturated heterocycles. The van der Waals surface area contributed by atoms with Gasteiger partial charge in [0.2, 0.25) is 0 Å². The van der Waals surface area contributed by atoms with Gasteiger partial charge in [0, 0.05) is 16.1 Å². The SMILES string of the molecule is COc1c(C)cc(Br)c(C)c1C(N)C1CC1C. The number of halogens is 1. The fraction of sp³-hybridized carbons (Fsp3) is 0.571. The normalized spacial score (nSPS) is 24.6. The molecular weight excluding hydrogens is 278 g/mol. The van der Waals surface area contributed by atoms with Gasteiger partial charge in [-0.15, -0.1) is 0 Å². The molecule has 0 radical (unpaired) electrons. The monoisotopic (exact) mass is 297 g/mol. The third kappa shape index (κ3) is 2.23. The first kappa shape index (κ1) is 12.9. The highest BCUT2D eigenvalue weighted by atomic mass is 79.9. The Balaban J connectivity index is 2.50. The molecule has 0 bridgehead atoms. The van der Waals surface area contributed by atoms with E-state index in [0.717, 1.165) is 21.7 Å².